The van der Waals surface area contributed by atoms with Crippen molar-refractivity contribution >= 4 is 40.4 Å². The third-order valence-corrected chi connectivity index (χ3v) is 46.0. The Balaban J connectivity index is 2.44. The molecular formula is C24H39GaSi3. The third-order valence-electron chi connectivity index (χ3n) is 7.90. The Bertz CT molecular complexity index is 659. The molecule has 150 valence electrons. The molecule has 3 aliphatic carbocycles. The molecule has 0 saturated heterocycles. The molecule has 0 aromatic carbocycles. The summed E-state index contributed by atoms with van der Waals surface area (Å²) in [5.41, 5.74) is 0. The summed E-state index contributed by atoms with van der Waals surface area (Å²) >= 11 is -2.23. The standard InChI is InChI=1S/3C8H13Si.Ga/c3*1-9(2,3)8-6-4-5-7-8;/h3*4-7H,1-3H3;. The van der Waals surface area contributed by atoms with Crippen LogP contribution in [0, 0.1) is 0 Å². The molecule has 0 radical (unpaired) electrons. The molecule has 0 amide bonds. The van der Waals surface area contributed by atoms with Gasteiger partial charge in [-0.05, 0) is 0 Å². The van der Waals surface area contributed by atoms with Crippen molar-refractivity contribution in [3.63, 3.8) is 0 Å². The van der Waals surface area contributed by atoms with E-state index in [4.69, 9.17) is 0 Å². The first-order valence-electron chi connectivity index (χ1n) is 10.8. The van der Waals surface area contributed by atoms with E-state index >= 15 is 0 Å². The van der Waals surface area contributed by atoms with Crippen molar-refractivity contribution in [2.45, 2.75) is 69.7 Å². The fourth-order valence-corrected chi connectivity index (χ4v) is 47.0. The Kier molecular flexibility index (Phi) is 5.50. The van der Waals surface area contributed by atoms with E-state index in [0.29, 0.717) is 10.8 Å². The quantitative estimate of drug-likeness (QED) is 0.341. The van der Waals surface area contributed by atoms with Gasteiger partial charge in [0.25, 0.3) is 0 Å². The van der Waals surface area contributed by atoms with Crippen LogP contribution in [0.2, 0.25) is 69.7 Å². The van der Waals surface area contributed by atoms with Crippen LogP contribution in [0.1, 0.15) is 0 Å². The molecule has 0 unspecified atom stereocenters. The van der Waals surface area contributed by atoms with Crippen LogP contribution in [-0.4, -0.2) is 40.4 Å². The van der Waals surface area contributed by atoms with Crippen molar-refractivity contribution in [1.29, 1.82) is 0 Å². The molecule has 0 N–H and O–H groups in total. The average molecular weight is 482 g/mol. The van der Waals surface area contributed by atoms with E-state index < -0.39 is 40.4 Å². The number of rotatable bonds is 6. The zero-order valence-corrected chi connectivity index (χ0v) is 24.9. The molecule has 0 saturated carbocycles. The zero-order chi connectivity index (χ0) is 21.1. The van der Waals surface area contributed by atoms with E-state index in [1.165, 1.54) is 0 Å². The van der Waals surface area contributed by atoms with Crippen LogP contribution >= 0.6 is 0 Å². The summed E-state index contributed by atoms with van der Waals surface area (Å²) < 4.78 is 1.04. The summed E-state index contributed by atoms with van der Waals surface area (Å²) in [6.45, 7) is 23.7. The van der Waals surface area contributed by atoms with Gasteiger partial charge in [0.2, 0.25) is 0 Å². The Morgan fingerprint density at radius 3 is 0.714 bits per heavy atom. The second kappa shape index (κ2) is 6.87. The van der Waals surface area contributed by atoms with Crippen molar-refractivity contribution in [2.24, 2.45) is 0 Å². The van der Waals surface area contributed by atoms with Crippen LogP contribution in [0.3, 0.4) is 0 Å². The van der Waals surface area contributed by atoms with Crippen LogP contribution in [0.25, 0.3) is 0 Å². The topological polar surface area (TPSA) is 0 Å². The Morgan fingerprint density at radius 1 is 0.393 bits per heavy atom. The predicted octanol–water partition coefficient (Wildman–Crippen LogP) is 7.71. The molecule has 3 rings (SSSR count). The molecule has 0 spiro atoms. The summed E-state index contributed by atoms with van der Waals surface area (Å²) in [5.74, 6) is 0. The van der Waals surface area contributed by atoms with Gasteiger partial charge in [-0.15, -0.1) is 0 Å². The zero-order valence-electron chi connectivity index (χ0n) is 19.5. The molecule has 0 aliphatic heterocycles. The Morgan fingerprint density at radius 2 is 0.571 bits per heavy atom. The first kappa shape index (κ1) is 22.4. The first-order valence-corrected chi connectivity index (χ1v) is 25.0. The number of allylic oxidation sites excluding steroid dienone is 12. The molecule has 0 bridgehead atoms. The Labute approximate surface area is 182 Å². The van der Waals surface area contributed by atoms with Crippen molar-refractivity contribution < 1.29 is 0 Å². The van der Waals surface area contributed by atoms with Crippen molar-refractivity contribution in [3.05, 3.63) is 72.9 Å². The van der Waals surface area contributed by atoms with Gasteiger partial charge in [0, 0.05) is 0 Å². The van der Waals surface area contributed by atoms with E-state index in [2.05, 4.69) is 132 Å². The van der Waals surface area contributed by atoms with Crippen LogP contribution in [0.5, 0.6) is 0 Å². The summed E-state index contributed by atoms with van der Waals surface area (Å²) in [6, 6.07) is 0. The van der Waals surface area contributed by atoms with Crippen molar-refractivity contribution in [2.75, 3.05) is 0 Å². The van der Waals surface area contributed by atoms with Crippen LogP contribution in [0.4, 0.5) is 0 Å². The predicted molar refractivity (Wildman–Crippen MR) is 139 cm³/mol. The molecule has 28 heavy (non-hydrogen) atoms. The Hall–Kier alpha value is -0.273. The molecule has 0 heterocycles. The number of hydrogen-bond acceptors (Lipinski definition) is 0. The fourth-order valence-electron chi connectivity index (χ4n) is 6.02. The van der Waals surface area contributed by atoms with Gasteiger partial charge < -0.3 is 0 Å². The van der Waals surface area contributed by atoms with E-state index in [9.17, 15) is 0 Å². The van der Waals surface area contributed by atoms with E-state index in [0.717, 1.165) is 0 Å². The molecule has 0 aromatic rings. The van der Waals surface area contributed by atoms with Crippen molar-refractivity contribution in [1.82, 2.24) is 0 Å². The van der Waals surface area contributed by atoms with Gasteiger partial charge in [0.1, 0.15) is 0 Å². The number of hydrogen-bond donors (Lipinski definition) is 0. The summed E-state index contributed by atoms with van der Waals surface area (Å²) in [5, 5.41) is 0. The van der Waals surface area contributed by atoms with Gasteiger partial charge in [-0.25, -0.2) is 0 Å². The van der Waals surface area contributed by atoms with Crippen LogP contribution in [-0.2, 0) is 0 Å². The van der Waals surface area contributed by atoms with Gasteiger partial charge in [-0.3, -0.25) is 0 Å². The molecule has 0 atom stereocenters. The second-order valence-electron chi connectivity index (χ2n) is 12.1. The van der Waals surface area contributed by atoms with Crippen LogP contribution < -0.4 is 0 Å². The summed E-state index contributed by atoms with van der Waals surface area (Å²) in [7, 11) is -4.52. The average Bonchev–Trinajstić information content (AvgIpc) is 3.27. The van der Waals surface area contributed by atoms with Crippen LogP contribution in [0.15, 0.2) is 72.9 Å². The van der Waals surface area contributed by atoms with E-state index in [1.54, 1.807) is 0 Å². The third kappa shape index (κ3) is 3.06. The maximum atomic E-state index is 2.69. The van der Waals surface area contributed by atoms with Crippen molar-refractivity contribution in [3.8, 4) is 0 Å². The van der Waals surface area contributed by atoms with Gasteiger partial charge in [0.05, 0.1) is 0 Å². The monoisotopic (exact) mass is 480 g/mol. The minimum atomic E-state index is -2.23. The van der Waals surface area contributed by atoms with Gasteiger partial charge in [-0.2, -0.15) is 0 Å². The molecule has 4 heteroatoms. The molecule has 0 fully saturated rings. The summed E-state index contributed by atoms with van der Waals surface area (Å²) in [4.78, 5) is 0. The molecule has 3 aliphatic rings. The minimum absolute atomic E-state index is 0.346. The van der Waals surface area contributed by atoms with Gasteiger partial charge in [0.15, 0.2) is 0 Å². The van der Waals surface area contributed by atoms with Gasteiger partial charge in [-0.1, -0.05) is 0 Å². The van der Waals surface area contributed by atoms with E-state index in [-0.39, 0.29) is 0 Å². The first-order chi connectivity index (χ1) is 12.7. The molecule has 0 nitrogen and oxygen atoms in total. The fraction of sp³-hybridized carbons (Fsp3) is 0.500. The maximum absolute atomic E-state index is 2.69. The van der Waals surface area contributed by atoms with Gasteiger partial charge >= 0.3 is 183 Å². The summed E-state index contributed by atoms with van der Waals surface area (Å²) in [6.07, 6.45) is 30.4. The molecule has 0 aromatic heterocycles. The second-order valence-corrected chi connectivity index (χ2v) is 39.7. The molecular weight excluding hydrogens is 442 g/mol. The normalized spacial score (nSPS) is 23.9. The van der Waals surface area contributed by atoms with E-state index in [1.807, 2.05) is 0 Å². The SMILES string of the molecule is C[Si](C)(C)[C]1([Ga]([C]2([Si](C)(C)C)C=CC=C2)[C]2([Si](C)(C)C)C=CC=C2)C=CC=C1.